The van der Waals surface area contributed by atoms with Gasteiger partial charge >= 0.3 is 5.76 Å². The standard InChI is InChI=1S/C41H40N4O6/c1-48-31-17-19-33-36(24-31)49-21-20-45-35-23-29(14-18-32(35)37(38(33)45)28-10-6-3-7-11-28)40(46)42-34(39-43-41(47)51-44-39)22-26-12-15-30(16-13-26)50-25-27-8-4-2-5-9-27/h2,4-5,8-9,12-19,23-24,28,34H,3,6-7,10-11,20-22,25H2,1H3,(H,42,46)(H,43,44,47)/t34-/m0/s1. The summed E-state index contributed by atoms with van der Waals surface area (Å²) in [6.07, 6.45) is 6.32. The van der Waals surface area contributed by atoms with Gasteiger partial charge in [-0.3, -0.25) is 14.3 Å². The molecule has 51 heavy (non-hydrogen) atoms. The van der Waals surface area contributed by atoms with Crippen LogP contribution in [0.2, 0.25) is 0 Å². The average Bonchev–Trinajstić information content (AvgIpc) is 3.69. The normalized spacial score (nSPS) is 14.9. The van der Waals surface area contributed by atoms with Gasteiger partial charge in [0.15, 0.2) is 5.82 Å². The number of nitrogens with one attached hydrogen (secondary N) is 2. The van der Waals surface area contributed by atoms with Crippen molar-refractivity contribution in [3.05, 3.63) is 130 Å². The number of hydrogen-bond donors (Lipinski definition) is 2. The third kappa shape index (κ3) is 6.73. The second kappa shape index (κ2) is 14.2. The lowest BCUT2D eigenvalue weighted by Crippen LogP contribution is -2.31. The van der Waals surface area contributed by atoms with Crippen molar-refractivity contribution in [3.8, 4) is 28.5 Å². The van der Waals surface area contributed by atoms with Crippen molar-refractivity contribution in [2.24, 2.45) is 0 Å². The van der Waals surface area contributed by atoms with E-state index in [4.69, 9.17) is 18.7 Å². The van der Waals surface area contributed by atoms with Crippen LogP contribution < -0.4 is 25.3 Å². The monoisotopic (exact) mass is 684 g/mol. The molecule has 2 aliphatic rings. The van der Waals surface area contributed by atoms with Gasteiger partial charge in [0.05, 0.1) is 25.4 Å². The summed E-state index contributed by atoms with van der Waals surface area (Å²) >= 11 is 0. The molecular formula is C41H40N4O6. The maximum Gasteiger partial charge on any atom is 0.438 e. The second-order valence-corrected chi connectivity index (χ2v) is 13.3. The van der Waals surface area contributed by atoms with Gasteiger partial charge in [0, 0.05) is 34.5 Å². The third-order valence-electron chi connectivity index (χ3n) is 10.1. The Hall–Kier alpha value is -5.77. The molecule has 260 valence electrons. The van der Waals surface area contributed by atoms with Crippen molar-refractivity contribution < 1.29 is 23.5 Å². The van der Waals surface area contributed by atoms with Crippen LogP contribution in [0.5, 0.6) is 17.2 Å². The number of methoxy groups -OCH3 is 1. The number of aromatic amines is 1. The summed E-state index contributed by atoms with van der Waals surface area (Å²) in [6, 6.07) is 29.0. The highest BCUT2D eigenvalue weighted by atomic mass is 16.5. The number of aromatic nitrogens is 3. The van der Waals surface area contributed by atoms with E-state index >= 15 is 0 Å². The molecule has 10 nitrogen and oxygen atoms in total. The molecule has 0 unspecified atom stereocenters. The number of rotatable bonds is 10. The minimum Gasteiger partial charge on any atom is -0.497 e. The van der Waals surface area contributed by atoms with Crippen LogP contribution in [0.4, 0.5) is 0 Å². The number of fused-ring (bicyclic) bond motifs is 5. The highest BCUT2D eigenvalue weighted by Gasteiger charge is 2.30. The Morgan fingerprint density at radius 1 is 0.961 bits per heavy atom. The zero-order valence-corrected chi connectivity index (χ0v) is 28.5. The zero-order chi connectivity index (χ0) is 34.7. The number of hydrogen-bond acceptors (Lipinski definition) is 7. The van der Waals surface area contributed by atoms with E-state index in [2.05, 4.69) is 32.2 Å². The molecule has 1 atom stereocenters. The van der Waals surface area contributed by atoms with Gasteiger partial charge in [-0.05, 0) is 71.8 Å². The first kappa shape index (κ1) is 32.4. The summed E-state index contributed by atoms with van der Waals surface area (Å²) in [6.45, 7) is 1.61. The first-order valence-electron chi connectivity index (χ1n) is 17.6. The van der Waals surface area contributed by atoms with Crippen LogP contribution in [-0.4, -0.2) is 34.3 Å². The van der Waals surface area contributed by atoms with Crippen molar-refractivity contribution in [2.75, 3.05) is 13.7 Å². The highest BCUT2D eigenvalue weighted by molar-refractivity contribution is 6.01. The number of ether oxygens (including phenoxy) is 3. The van der Waals surface area contributed by atoms with Crippen molar-refractivity contribution in [2.45, 2.75) is 63.6 Å². The molecule has 8 rings (SSSR count). The van der Waals surface area contributed by atoms with Gasteiger partial charge in [0.25, 0.3) is 5.91 Å². The molecule has 2 aromatic heterocycles. The van der Waals surface area contributed by atoms with E-state index in [1.54, 1.807) is 7.11 Å². The van der Waals surface area contributed by atoms with Crippen LogP contribution >= 0.6 is 0 Å². The minimum atomic E-state index is -0.679. The molecule has 0 bridgehead atoms. The van der Waals surface area contributed by atoms with Gasteiger partial charge in [-0.25, -0.2) is 4.79 Å². The van der Waals surface area contributed by atoms with Crippen molar-refractivity contribution in [1.29, 1.82) is 0 Å². The van der Waals surface area contributed by atoms with Gasteiger partial charge < -0.3 is 24.1 Å². The van der Waals surface area contributed by atoms with E-state index in [-0.39, 0.29) is 11.7 Å². The van der Waals surface area contributed by atoms with Crippen LogP contribution in [0.1, 0.15) is 76.9 Å². The predicted octanol–water partition coefficient (Wildman–Crippen LogP) is 7.73. The lowest BCUT2D eigenvalue weighted by Gasteiger charge is -2.23. The Labute approximate surface area is 295 Å². The van der Waals surface area contributed by atoms with Crippen molar-refractivity contribution in [3.63, 3.8) is 0 Å². The smallest absolute Gasteiger partial charge is 0.438 e. The molecule has 1 fully saturated rings. The second-order valence-electron chi connectivity index (χ2n) is 13.3. The number of carbonyl (C=O) groups excluding carboxylic acids is 1. The Bertz CT molecular complexity index is 2210. The molecular weight excluding hydrogens is 644 g/mol. The molecule has 0 spiro atoms. The van der Waals surface area contributed by atoms with Crippen LogP contribution in [0.15, 0.2) is 100 Å². The predicted molar refractivity (Wildman–Crippen MR) is 193 cm³/mol. The molecule has 1 aliphatic heterocycles. The van der Waals surface area contributed by atoms with Crippen LogP contribution in [0.25, 0.3) is 22.2 Å². The molecule has 1 aliphatic carbocycles. The van der Waals surface area contributed by atoms with Gasteiger partial charge in [-0.1, -0.05) is 73.0 Å². The summed E-state index contributed by atoms with van der Waals surface area (Å²) in [5.74, 6) is 2.02. The molecule has 2 N–H and O–H groups in total. The van der Waals surface area contributed by atoms with E-state index < -0.39 is 11.8 Å². The Balaban J connectivity index is 1.09. The number of benzene rings is 4. The number of nitrogens with zero attached hydrogens (tertiary/aromatic N) is 2. The largest absolute Gasteiger partial charge is 0.497 e. The molecule has 6 aromatic rings. The fraction of sp³-hybridized carbons (Fsp3) is 0.293. The fourth-order valence-electron chi connectivity index (χ4n) is 7.58. The van der Waals surface area contributed by atoms with Gasteiger partial charge in [-0.15, -0.1) is 0 Å². The molecule has 3 heterocycles. The van der Waals surface area contributed by atoms with Gasteiger partial charge in [-0.2, -0.15) is 0 Å². The molecule has 0 saturated heterocycles. The minimum absolute atomic E-state index is 0.249. The van der Waals surface area contributed by atoms with Crippen LogP contribution in [-0.2, 0) is 19.6 Å². The van der Waals surface area contributed by atoms with Crippen molar-refractivity contribution in [1.82, 2.24) is 20.0 Å². The van der Waals surface area contributed by atoms with Gasteiger partial charge in [0.1, 0.15) is 30.5 Å². The Morgan fingerprint density at radius 2 is 1.76 bits per heavy atom. The maximum absolute atomic E-state index is 14.0. The molecule has 0 radical (unpaired) electrons. The summed E-state index contributed by atoms with van der Waals surface area (Å²) in [7, 11) is 1.67. The summed E-state index contributed by atoms with van der Waals surface area (Å²) in [5.41, 5.74) is 7.07. The van der Waals surface area contributed by atoms with E-state index in [0.717, 1.165) is 52.3 Å². The first-order valence-corrected chi connectivity index (χ1v) is 17.6. The SMILES string of the molecule is COc1ccc2c(c1)OCCn1c-2c(C2CCCCC2)c2ccc(C(=O)N[C@@H](Cc3ccc(OCc4ccccc4)cc3)c3noc(=O)[nH]3)cc21. The van der Waals surface area contributed by atoms with Crippen LogP contribution in [0, 0.1) is 0 Å². The maximum atomic E-state index is 14.0. The first-order chi connectivity index (χ1) is 25.0. The third-order valence-corrected chi connectivity index (χ3v) is 10.1. The molecule has 1 amide bonds. The lowest BCUT2D eigenvalue weighted by molar-refractivity contribution is 0.0934. The topological polar surface area (TPSA) is 121 Å². The van der Waals surface area contributed by atoms with Crippen molar-refractivity contribution >= 4 is 16.8 Å². The fourth-order valence-corrected chi connectivity index (χ4v) is 7.58. The molecule has 4 aromatic carbocycles. The lowest BCUT2D eigenvalue weighted by atomic mass is 9.81. The molecule has 10 heteroatoms. The van der Waals surface area contributed by atoms with E-state index in [1.165, 1.54) is 35.9 Å². The summed E-state index contributed by atoms with van der Waals surface area (Å²) in [4.78, 5) is 28.6. The van der Waals surface area contributed by atoms with E-state index in [9.17, 15) is 9.59 Å². The number of carbonyl (C=O) groups is 1. The highest BCUT2D eigenvalue weighted by Crippen LogP contribution is 2.47. The average molecular weight is 685 g/mol. The Morgan fingerprint density at radius 3 is 2.53 bits per heavy atom. The number of amides is 1. The summed E-state index contributed by atoms with van der Waals surface area (Å²) < 4.78 is 24.9. The van der Waals surface area contributed by atoms with Crippen LogP contribution in [0.3, 0.4) is 0 Å². The number of H-pyrrole nitrogens is 1. The Kier molecular flexibility index (Phi) is 9.05. The molecule has 1 saturated carbocycles. The van der Waals surface area contributed by atoms with Gasteiger partial charge in [0.2, 0.25) is 0 Å². The van der Waals surface area contributed by atoms with E-state index in [1.807, 2.05) is 78.9 Å². The summed E-state index contributed by atoms with van der Waals surface area (Å²) in [5, 5.41) is 8.22. The zero-order valence-electron chi connectivity index (χ0n) is 28.5. The van der Waals surface area contributed by atoms with E-state index in [0.29, 0.717) is 37.7 Å². The quantitative estimate of drug-likeness (QED) is 0.152.